The molecule has 3 atom stereocenters. The van der Waals surface area contributed by atoms with Crippen molar-refractivity contribution in [2.24, 2.45) is 5.92 Å². The van der Waals surface area contributed by atoms with E-state index in [0.717, 1.165) is 11.9 Å². The molecule has 2 aromatic rings. The third-order valence-electron chi connectivity index (χ3n) is 4.87. The van der Waals surface area contributed by atoms with Gasteiger partial charge in [-0.1, -0.05) is 6.92 Å². The van der Waals surface area contributed by atoms with Gasteiger partial charge in [-0.2, -0.15) is 0 Å². The lowest BCUT2D eigenvalue weighted by molar-refractivity contribution is 0.494. The fourth-order valence-corrected chi connectivity index (χ4v) is 5.52. The Morgan fingerprint density at radius 2 is 2.23 bits per heavy atom. The number of nitrogens with zero attached hydrogens (tertiary/aromatic N) is 3. The molecule has 2 aliphatic heterocycles. The number of thiophene rings is 1. The summed E-state index contributed by atoms with van der Waals surface area (Å²) in [5.74, 6) is 1.61. The molecule has 0 radical (unpaired) electrons. The second-order valence-electron chi connectivity index (χ2n) is 6.52. The molecule has 3 aliphatic rings. The van der Waals surface area contributed by atoms with E-state index in [9.17, 15) is 0 Å². The minimum atomic E-state index is 0.146. The van der Waals surface area contributed by atoms with Crippen LogP contribution >= 0.6 is 23.6 Å². The van der Waals surface area contributed by atoms with E-state index >= 15 is 0 Å². The Balaban J connectivity index is 1.80. The number of hydrogen-bond acceptors (Lipinski definition) is 6. The summed E-state index contributed by atoms with van der Waals surface area (Å²) in [4.78, 5) is 1.53. The van der Waals surface area contributed by atoms with Crippen molar-refractivity contribution in [2.45, 2.75) is 45.4 Å². The molecule has 0 bridgehead atoms. The first-order valence-corrected chi connectivity index (χ1v) is 8.99. The van der Waals surface area contributed by atoms with Crippen molar-refractivity contribution in [3.63, 3.8) is 0 Å². The van der Waals surface area contributed by atoms with Gasteiger partial charge < -0.3 is 0 Å². The Kier molecular flexibility index (Phi) is 2.65. The molecule has 1 saturated heterocycles. The molecular formula is C14H18N6S2. The Morgan fingerprint density at radius 3 is 3.09 bits per heavy atom. The Bertz CT molecular complexity index is 818. The fourth-order valence-electron chi connectivity index (χ4n) is 3.87. The summed E-state index contributed by atoms with van der Waals surface area (Å²) in [6, 6.07) is 0. The largest absolute Gasteiger partial charge is 0.276 e. The molecule has 0 saturated carbocycles. The summed E-state index contributed by atoms with van der Waals surface area (Å²) in [6.07, 6.45) is 4.00. The number of nitrogens with one attached hydrogen (secondary N) is 3. The summed E-state index contributed by atoms with van der Waals surface area (Å²) in [5, 5.41) is 14.4. The SMILES string of the molecule is CC1CCc2sc3c(c2C1)C1NC(C)NN1c1n[nH]c(=S)n1-3. The van der Waals surface area contributed by atoms with Gasteiger partial charge in [0.25, 0.3) is 0 Å². The third-order valence-corrected chi connectivity index (χ3v) is 6.44. The lowest BCUT2D eigenvalue weighted by atomic mass is 9.87. The lowest BCUT2D eigenvalue weighted by Crippen LogP contribution is -2.40. The number of anilines is 1. The molecule has 22 heavy (non-hydrogen) atoms. The zero-order valence-corrected chi connectivity index (χ0v) is 14.1. The molecule has 8 heteroatoms. The summed E-state index contributed by atoms with van der Waals surface area (Å²) in [7, 11) is 0. The highest BCUT2D eigenvalue weighted by Crippen LogP contribution is 2.47. The number of hydrogen-bond donors (Lipinski definition) is 3. The topological polar surface area (TPSA) is 60.9 Å². The number of aryl methyl sites for hydroxylation is 1. The van der Waals surface area contributed by atoms with Crippen LogP contribution in [0.15, 0.2) is 0 Å². The maximum Gasteiger partial charge on any atom is 0.247 e. The van der Waals surface area contributed by atoms with E-state index in [2.05, 4.69) is 44.4 Å². The number of hydrazine groups is 1. The second-order valence-corrected chi connectivity index (χ2v) is 8.00. The first kappa shape index (κ1) is 13.2. The highest BCUT2D eigenvalue weighted by molar-refractivity contribution is 7.71. The molecular weight excluding hydrogens is 316 g/mol. The number of rotatable bonds is 0. The smallest absolute Gasteiger partial charge is 0.247 e. The normalized spacial score (nSPS) is 29.0. The van der Waals surface area contributed by atoms with E-state index in [1.807, 2.05) is 11.3 Å². The first-order chi connectivity index (χ1) is 10.6. The predicted octanol–water partition coefficient (Wildman–Crippen LogP) is 2.39. The molecule has 2 aromatic heterocycles. The van der Waals surface area contributed by atoms with Gasteiger partial charge in [0.1, 0.15) is 11.2 Å². The van der Waals surface area contributed by atoms with Crippen molar-refractivity contribution < 1.29 is 0 Å². The van der Waals surface area contributed by atoms with E-state index in [0.29, 0.717) is 4.77 Å². The van der Waals surface area contributed by atoms with E-state index < -0.39 is 0 Å². The van der Waals surface area contributed by atoms with Crippen LogP contribution in [0.1, 0.15) is 42.4 Å². The van der Waals surface area contributed by atoms with Crippen LogP contribution in [-0.2, 0) is 12.8 Å². The van der Waals surface area contributed by atoms with Crippen LogP contribution in [0.5, 0.6) is 0 Å². The van der Waals surface area contributed by atoms with E-state index in [-0.39, 0.29) is 12.3 Å². The van der Waals surface area contributed by atoms with Gasteiger partial charge in [0, 0.05) is 10.4 Å². The van der Waals surface area contributed by atoms with Crippen molar-refractivity contribution in [1.82, 2.24) is 25.5 Å². The van der Waals surface area contributed by atoms with Gasteiger partial charge in [0.15, 0.2) is 0 Å². The van der Waals surface area contributed by atoms with E-state index in [1.165, 1.54) is 40.3 Å². The third kappa shape index (κ3) is 1.61. The van der Waals surface area contributed by atoms with E-state index in [4.69, 9.17) is 12.2 Å². The number of fused-ring (bicyclic) bond motifs is 8. The van der Waals surface area contributed by atoms with Crippen LogP contribution < -0.4 is 15.8 Å². The minimum absolute atomic E-state index is 0.146. The summed E-state index contributed by atoms with van der Waals surface area (Å²) >= 11 is 7.37. The van der Waals surface area contributed by atoms with Crippen LogP contribution in [0.4, 0.5) is 5.95 Å². The molecule has 5 rings (SSSR count). The summed E-state index contributed by atoms with van der Waals surface area (Å²) in [5.41, 5.74) is 6.38. The van der Waals surface area contributed by atoms with Crippen molar-refractivity contribution in [3.8, 4) is 5.00 Å². The highest BCUT2D eigenvalue weighted by atomic mass is 32.1. The molecule has 0 amide bonds. The van der Waals surface area contributed by atoms with Gasteiger partial charge >= 0.3 is 0 Å². The van der Waals surface area contributed by atoms with Crippen LogP contribution in [-0.4, -0.2) is 20.9 Å². The van der Waals surface area contributed by atoms with Crippen LogP contribution in [0, 0.1) is 10.7 Å². The van der Waals surface area contributed by atoms with E-state index in [1.54, 1.807) is 0 Å². The van der Waals surface area contributed by atoms with Gasteiger partial charge in [-0.3, -0.25) is 10.3 Å². The van der Waals surface area contributed by atoms with Crippen molar-refractivity contribution >= 4 is 29.5 Å². The standard InChI is InChI=1S/C14H18N6S2/c1-6-3-4-9-8(5-6)10-11-15-7(2)18-20(11)13-16-17-14(21)19(13)12(10)22-9/h6-7,11,15,18H,3-5H2,1-2H3,(H,17,21). The average molecular weight is 334 g/mol. The molecule has 1 aliphatic carbocycles. The molecule has 0 aromatic carbocycles. The van der Waals surface area contributed by atoms with Crippen LogP contribution in [0.25, 0.3) is 5.00 Å². The first-order valence-electron chi connectivity index (χ1n) is 7.77. The monoisotopic (exact) mass is 334 g/mol. The van der Waals surface area contributed by atoms with Crippen molar-refractivity contribution in [2.75, 3.05) is 5.01 Å². The molecule has 4 heterocycles. The maximum atomic E-state index is 5.48. The summed E-state index contributed by atoms with van der Waals surface area (Å²) in [6.45, 7) is 4.48. The zero-order valence-electron chi connectivity index (χ0n) is 12.5. The Labute approximate surface area is 137 Å². The molecule has 1 fully saturated rings. The molecule has 0 spiro atoms. The fraction of sp³-hybridized carbons (Fsp3) is 0.571. The Morgan fingerprint density at radius 1 is 1.36 bits per heavy atom. The quantitative estimate of drug-likeness (QED) is 0.646. The van der Waals surface area contributed by atoms with Gasteiger partial charge in [-0.25, -0.2) is 15.1 Å². The predicted molar refractivity (Wildman–Crippen MR) is 88.8 cm³/mol. The van der Waals surface area contributed by atoms with Gasteiger partial charge in [0.2, 0.25) is 10.7 Å². The molecule has 116 valence electrons. The van der Waals surface area contributed by atoms with Crippen LogP contribution in [0.3, 0.4) is 0 Å². The minimum Gasteiger partial charge on any atom is -0.276 e. The summed E-state index contributed by atoms with van der Waals surface area (Å²) < 4.78 is 2.75. The van der Waals surface area contributed by atoms with Crippen molar-refractivity contribution in [1.29, 1.82) is 0 Å². The number of H-pyrrole nitrogens is 1. The van der Waals surface area contributed by atoms with Gasteiger partial charge in [0.05, 0.1) is 6.17 Å². The van der Waals surface area contributed by atoms with Gasteiger partial charge in [-0.05, 0) is 49.9 Å². The Hall–Kier alpha value is -1.22. The number of aromatic nitrogens is 3. The zero-order chi connectivity index (χ0) is 15.0. The second kappa shape index (κ2) is 4.41. The number of aromatic amines is 1. The van der Waals surface area contributed by atoms with Gasteiger partial charge in [-0.15, -0.1) is 16.4 Å². The average Bonchev–Trinajstić information content (AvgIpc) is 3.13. The molecule has 6 nitrogen and oxygen atoms in total. The molecule has 3 N–H and O–H groups in total. The van der Waals surface area contributed by atoms with Crippen LogP contribution in [0.2, 0.25) is 0 Å². The molecule has 3 unspecified atom stereocenters. The highest BCUT2D eigenvalue weighted by Gasteiger charge is 2.43. The van der Waals surface area contributed by atoms with Crippen molar-refractivity contribution in [3.05, 3.63) is 20.8 Å². The lowest BCUT2D eigenvalue weighted by Gasteiger charge is -2.31. The maximum absolute atomic E-state index is 5.48.